The maximum atomic E-state index is 11.8. The number of carbonyl (C=O) groups excluding carboxylic acids is 1. The summed E-state index contributed by atoms with van der Waals surface area (Å²) in [7, 11) is 0. The van der Waals surface area contributed by atoms with Crippen molar-refractivity contribution in [2.24, 2.45) is 0 Å². The zero-order valence-electron chi connectivity index (χ0n) is 9.48. The van der Waals surface area contributed by atoms with Gasteiger partial charge in [-0.1, -0.05) is 11.6 Å². The van der Waals surface area contributed by atoms with Gasteiger partial charge >= 0.3 is 0 Å². The van der Waals surface area contributed by atoms with Crippen LogP contribution in [0.3, 0.4) is 0 Å². The molecule has 0 aliphatic heterocycles. The average Bonchev–Trinajstić information content (AvgIpc) is 2.85. The average molecular weight is 266 g/mol. The van der Waals surface area contributed by atoms with Crippen molar-refractivity contribution in [1.29, 1.82) is 0 Å². The molecule has 3 N–H and O–H groups in total. The van der Waals surface area contributed by atoms with Gasteiger partial charge in [-0.05, 0) is 18.2 Å². The third-order valence-electron chi connectivity index (χ3n) is 2.44. The van der Waals surface area contributed by atoms with E-state index in [0.717, 1.165) is 5.69 Å². The number of aromatic amines is 1. The number of aromatic nitrogens is 2. The summed E-state index contributed by atoms with van der Waals surface area (Å²) in [5.41, 5.74) is 1.11. The molecule has 5 nitrogen and oxygen atoms in total. The molecule has 0 radical (unpaired) electrons. The van der Waals surface area contributed by atoms with Crippen molar-refractivity contribution in [3.8, 4) is 5.75 Å². The zero-order valence-corrected chi connectivity index (χ0v) is 10.2. The lowest BCUT2D eigenvalue weighted by Crippen LogP contribution is -2.25. The summed E-state index contributed by atoms with van der Waals surface area (Å²) >= 11 is 5.77. The van der Waals surface area contributed by atoms with Gasteiger partial charge in [-0.15, -0.1) is 0 Å². The zero-order chi connectivity index (χ0) is 13.0. The minimum atomic E-state index is -0.352. The maximum Gasteiger partial charge on any atom is 0.255 e. The number of hydrogen-bond donors (Lipinski definition) is 3. The van der Waals surface area contributed by atoms with Gasteiger partial charge in [0, 0.05) is 29.9 Å². The summed E-state index contributed by atoms with van der Waals surface area (Å²) in [6, 6.07) is 4.35. The first kappa shape index (κ1) is 12.4. The number of phenols is 1. The molecule has 0 aliphatic rings. The molecule has 94 valence electrons. The first-order chi connectivity index (χ1) is 8.66. The highest BCUT2D eigenvalue weighted by Gasteiger charge is 2.11. The third kappa shape index (κ3) is 3.01. The molecular formula is C12H12ClN3O2. The summed E-state index contributed by atoms with van der Waals surface area (Å²) in [5.74, 6) is -0.437. The Morgan fingerprint density at radius 2 is 2.33 bits per heavy atom. The van der Waals surface area contributed by atoms with Crippen LogP contribution in [0.5, 0.6) is 5.75 Å². The van der Waals surface area contributed by atoms with E-state index in [1.807, 2.05) is 0 Å². The van der Waals surface area contributed by atoms with E-state index in [1.165, 1.54) is 18.2 Å². The monoisotopic (exact) mass is 265 g/mol. The molecule has 0 bridgehead atoms. The molecule has 6 heteroatoms. The van der Waals surface area contributed by atoms with Crippen LogP contribution in [0.1, 0.15) is 16.1 Å². The fourth-order valence-electron chi connectivity index (χ4n) is 1.52. The molecule has 2 rings (SSSR count). The molecular weight excluding hydrogens is 254 g/mol. The van der Waals surface area contributed by atoms with Gasteiger partial charge in [-0.2, -0.15) is 0 Å². The predicted molar refractivity (Wildman–Crippen MR) is 67.7 cm³/mol. The molecule has 1 amide bonds. The standard InChI is InChI=1S/C12H12ClN3O2/c13-8-1-2-11(17)10(5-8)12(18)15-4-3-9-6-14-7-16-9/h1-2,5-7,17H,3-4H2,(H,14,16)(H,15,18). The van der Waals surface area contributed by atoms with Crippen LogP contribution in [-0.2, 0) is 6.42 Å². The molecule has 0 saturated carbocycles. The van der Waals surface area contributed by atoms with Gasteiger partial charge in [0.1, 0.15) is 5.75 Å². The Labute approximate surface area is 109 Å². The number of amides is 1. The van der Waals surface area contributed by atoms with Crippen LogP contribution in [0.4, 0.5) is 0 Å². The van der Waals surface area contributed by atoms with E-state index in [2.05, 4.69) is 15.3 Å². The van der Waals surface area contributed by atoms with E-state index in [0.29, 0.717) is 18.0 Å². The number of carbonyl (C=O) groups is 1. The minimum absolute atomic E-state index is 0.0848. The quantitative estimate of drug-likeness (QED) is 0.788. The Hall–Kier alpha value is -2.01. The van der Waals surface area contributed by atoms with Gasteiger partial charge in [0.15, 0.2) is 0 Å². The van der Waals surface area contributed by atoms with Gasteiger partial charge in [0.2, 0.25) is 0 Å². The SMILES string of the molecule is O=C(NCCc1cnc[nH]1)c1cc(Cl)ccc1O. The smallest absolute Gasteiger partial charge is 0.255 e. The molecule has 1 aromatic carbocycles. The van der Waals surface area contributed by atoms with Crippen LogP contribution < -0.4 is 5.32 Å². The number of hydrogen-bond acceptors (Lipinski definition) is 3. The molecule has 0 spiro atoms. The molecule has 2 aromatic rings. The van der Waals surface area contributed by atoms with Crippen LogP contribution in [0.15, 0.2) is 30.7 Å². The lowest BCUT2D eigenvalue weighted by molar-refractivity contribution is 0.0951. The molecule has 0 saturated heterocycles. The van der Waals surface area contributed by atoms with E-state index in [-0.39, 0.29) is 17.2 Å². The van der Waals surface area contributed by atoms with Crippen molar-refractivity contribution in [3.63, 3.8) is 0 Å². The van der Waals surface area contributed by atoms with Gasteiger partial charge < -0.3 is 15.4 Å². The summed E-state index contributed by atoms with van der Waals surface area (Å²) in [6.07, 6.45) is 3.93. The van der Waals surface area contributed by atoms with Crippen LogP contribution in [0.2, 0.25) is 5.02 Å². The molecule has 1 heterocycles. The largest absolute Gasteiger partial charge is 0.507 e. The fourth-order valence-corrected chi connectivity index (χ4v) is 1.69. The van der Waals surface area contributed by atoms with Crippen LogP contribution in [0, 0.1) is 0 Å². The number of halogens is 1. The number of benzene rings is 1. The third-order valence-corrected chi connectivity index (χ3v) is 2.67. The number of rotatable bonds is 4. The summed E-state index contributed by atoms with van der Waals surface area (Å²) in [4.78, 5) is 18.6. The molecule has 1 aromatic heterocycles. The maximum absolute atomic E-state index is 11.8. The Morgan fingerprint density at radius 3 is 3.06 bits per heavy atom. The second-order valence-electron chi connectivity index (χ2n) is 3.74. The molecule has 0 aliphatic carbocycles. The summed E-state index contributed by atoms with van der Waals surface area (Å²) < 4.78 is 0. The van der Waals surface area contributed by atoms with Crippen LogP contribution >= 0.6 is 11.6 Å². The number of phenolic OH excluding ortho intramolecular Hbond substituents is 1. The van der Waals surface area contributed by atoms with Crippen molar-refractivity contribution in [2.75, 3.05) is 6.54 Å². The normalized spacial score (nSPS) is 10.3. The van der Waals surface area contributed by atoms with E-state index in [1.54, 1.807) is 12.5 Å². The van der Waals surface area contributed by atoms with Crippen LogP contribution in [-0.4, -0.2) is 27.5 Å². The van der Waals surface area contributed by atoms with Crippen molar-refractivity contribution in [3.05, 3.63) is 47.0 Å². The highest BCUT2D eigenvalue weighted by molar-refractivity contribution is 6.31. The summed E-state index contributed by atoms with van der Waals surface area (Å²) in [6.45, 7) is 0.451. The first-order valence-corrected chi connectivity index (χ1v) is 5.78. The van der Waals surface area contributed by atoms with Crippen LogP contribution in [0.25, 0.3) is 0 Å². The Bertz CT molecular complexity index is 540. The first-order valence-electron chi connectivity index (χ1n) is 5.41. The van der Waals surface area contributed by atoms with Gasteiger partial charge in [0.25, 0.3) is 5.91 Å². The fraction of sp³-hybridized carbons (Fsp3) is 0.167. The number of H-pyrrole nitrogens is 1. The van der Waals surface area contributed by atoms with Crippen molar-refractivity contribution in [1.82, 2.24) is 15.3 Å². The van der Waals surface area contributed by atoms with E-state index in [4.69, 9.17) is 11.6 Å². The van der Waals surface area contributed by atoms with Crippen molar-refractivity contribution in [2.45, 2.75) is 6.42 Å². The van der Waals surface area contributed by atoms with Gasteiger partial charge in [-0.3, -0.25) is 4.79 Å². The highest BCUT2D eigenvalue weighted by atomic mass is 35.5. The topological polar surface area (TPSA) is 78.0 Å². The lowest BCUT2D eigenvalue weighted by Gasteiger charge is -2.06. The highest BCUT2D eigenvalue weighted by Crippen LogP contribution is 2.21. The Balaban J connectivity index is 1.93. The molecule has 0 unspecified atom stereocenters. The van der Waals surface area contributed by atoms with E-state index < -0.39 is 0 Å². The number of nitrogens with zero attached hydrogens (tertiary/aromatic N) is 1. The minimum Gasteiger partial charge on any atom is -0.507 e. The molecule has 0 fully saturated rings. The van der Waals surface area contributed by atoms with E-state index >= 15 is 0 Å². The van der Waals surface area contributed by atoms with Crippen molar-refractivity contribution >= 4 is 17.5 Å². The lowest BCUT2D eigenvalue weighted by atomic mass is 10.2. The number of imidazole rings is 1. The van der Waals surface area contributed by atoms with Gasteiger partial charge in [-0.25, -0.2) is 4.98 Å². The molecule has 0 atom stereocenters. The predicted octanol–water partition coefficient (Wildman–Crippen LogP) is 1.74. The van der Waals surface area contributed by atoms with Gasteiger partial charge in [0.05, 0.1) is 11.9 Å². The number of aromatic hydroxyl groups is 1. The number of nitrogens with one attached hydrogen (secondary N) is 2. The second-order valence-corrected chi connectivity index (χ2v) is 4.18. The Morgan fingerprint density at radius 1 is 1.50 bits per heavy atom. The molecule has 18 heavy (non-hydrogen) atoms. The summed E-state index contributed by atoms with van der Waals surface area (Å²) in [5, 5.41) is 12.7. The van der Waals surface area contributed by atoms with Crippen molar-refractivity contribution < 1.29 is 9.90 Å². The Kier molecular flexibility index (Phi) is 3.84. The second kappa shape index (κ2) is 5.55. The van der Waals surface area contributed by atoms with E-state index in [9.17, 15) is 9.90 Å².